The summed E-state index contributed by atoms with van der Waals surface area (Å²) in [7, 11) is 0. The molecule has 258 valence electrons. The van der Waals surface area contributed by atoms with Gasteiger partial charge in [-0.25, -0.2) is 15.0 Å². The van der Waals surface area contributed by atoms with Gasteiger partial charge < -0.3 is 0 Å². The number of fused-ring (bicyclic) bond motifs is 3. The van der Waals surface area contributed by atoms with Crippen LogP contribution in [0.4, 0.5) is 0 Å². The summed E-state index contributed by atoms with van der Waals surface area (Å²) in [4.78, 5) is 15.1. The van der Waals surface area contributed by atoms with Crippen LogP contribution in [0, 0.1) is 0 Å². The van der Waals surface area contributed by atoms with Crippen molar-refractivity contribution >= 4 is 31.5 Å². The Bertz CT molecular complexity index is 2890. The molecule has 4 heteroatoms. The zero-order valence-electron chi connectivity index (χ0n) is 29.8. The molecule has 0 bridgehead atoms. The molecule has 0 aliphatic carbocycles. The first-order valence-corrected chi connectivity index (χ1v) is 19.3. The normalized spacial score (nSPS) is 11.3. The number of aromatic nitrogens is 3. The molecular weight excluding hydrogens is 687 g/mol. The highest BCUT2D eigenvalue weighted by Crippen LogP contribution is 2.49. The smallest absolute Gasteiger partial charge is 0.164 e. The zero-order valence-corrected chi connectivity index (χ0v) is 30.6. The third-order valence-corrected chi connectivity index (χ3v) is 11.4. The van der Waals surface area contributed by atoms with Gasteiger partial charge >= 0.3 is 0 Å². The third-order valence-electron chi connectivity index (χ3n) is 10.1. The Balaban J connectivity index is 1.22. The lowest BCUT2D eigenvalue weighted by molar-refractivity contribution is 1.07. The Morgan fingerprint density at radius 3 is 1.29 bits per heavy atom. The predicted molar refractivity (Wildman–Crippen MR) is 231 cm³/mol. The van der Waals surface area contributed by atoms with Crippen molar-refractivity contribution in [3.05, 3.63) is 200 Å². The number of hydrogen-bond acceptors (Lipinski definition) is 4. The molecule has 0 radical (unpaired) electrons. The van der Waals surface area contributed by atoms with Crippen LogP contribution in [0.15, 0.2) is 200 Å². The summed E-state index contributed by atoms with van der Waals surface area (Å²) >= 11 is 1.88. The van der Waals surface area contributed by atoms with Crippen molar-refractivity contribution in [2.24, 2.45) is 0 Å². The summed E-state index contributed by atoms with van der Waals surface area (Å²) in [5.74, 6) is 1.93. The predicted octanol–water partition coefficient (Wildman–Crippen LogP) is 13.9. The summed E-state index contributed by atoms with van der Waals surface area (Å²) < 4.78 is 2.53. The van der Waals surface area contributed by atoms with E-state index in [0.717, 1.165) is 22.3 Å². The lowest BCUT2D eigenvalue weighted by Gasteiger charge is -2.14. The van der Waals surface area contributed by atoms with E-state index in [1.807, 2.05) is 72.0 Å². The Labute approximate surface area is 323 Å². The topological polar surface area (TPSA) is 38.7 Å². The summed E-state index contributed by atoms with van der Waals surface area (Å²) in [5.41, 5.74) is 12.4. The van der Waals surface area contributed by atoms with Crippen LogP contribution in [0.1, 0.15) is 0 Å². The number of rotatable bonds is 7. The lowest BCUT2D eigenvalue weighted by atomic mass is 9.91. The second kappa shape index (κ2) is 14.1. The standard InChI is InChI=1S/C51H33N3S/c1-6-17-34(18-7-1)41-32-44(36-21-10-3-11-22-36)47-45(33-41)43-30-29-42(35-19-8-2-9-20-35)46(48(43)55-47)39-27-16-28-40(31-39)51-53-49(37-23-12-4-13-24-37)52-50(54-51)38-25-14-5-15-26-38/h1-33H. The summed E-state index contributed by atoms with van der Waals surface area (Å²) in [5, 5.41) is 2.50. The average molecular weight is 720 g/mol. The molecule has 0 N–H and O–H groups in total. The highest BCUT2D eigenvalue weighted by Gasteiger charge is 2.20. The van der Waals surface area contributed by atoms with Crippen LogP contribution in [-0.2, 0) is 0 Å². The molecule has 0 saturated carbocycles. The van der Waals surface area contributed by atoms with Gasteiger partial charge in [0.15, 0.2) is 17.5 Å². The van der Waals surface area contributed by atoms with Crippen LogP contribution in [0.2, 0.25) is 0 Å². The Morgan fingerprint density at radius 1 is 0.273 bits per heavy atom. The maximum Gasteiger partial charge on any atom is 0.164 e. The van der Waals surface area contributed by atoms with Gasteiger partial charge in [0.05, 0.1) is 0 Å². The molecule has 8 aromatic carbocycles. The first-order chi connectivity index (χ1) is 27.3. The van der Waals surface area contributed by atoms with Crippen molar-refractivity contribution in [2.45, 2.75) is 0 Å². The van der Waals surface area contributed by atoms with Gasteiger partial charge in [-0.05, 0) is 51.6 Å². The van der Waals surface area contributed by atoms with Gasteiger partial charge in [0.25, 0.3) is 0 Å². The summed E-state index contributed by atoms with van der Waals surface area (Å²) in [6.07, 6.45) is 0. The lowest BCUT2D eigenvalue weighted by Crippen LogP contribution is -2.00. The molecule has 0 aliphatic heterocycles. The monoisotopic (exact) mass is 719 g/mol. The van der Waals surface area contributed by atoms with Gasteiger partial charge in [0, 0.05) is 48.0 Å². The van der Waals surface area contributed by atoms with E-state index in [-0.39, 0.29) is 0 Å². The fourth-order valence-electron chi connectivity index (χ4n) is 7.47. The fourth-order valence-corrected chi connectivity index (χ4v) is 8.85. The van der Waals surface area contributed by atoms with Crippen LogP contribution < -0.4 is 0 Å². The molecule has 0 spiro atoms. The molecule has 0 atom stereocenters. The molecule has 0 fully saturated rings. The SMILES string of the molecule is c1ccc(-c2cc(-c3ccccc3)c3sc4c(-c5cccc(-c6nc(-c7ccccc7)nc(-c7ccccc7)n6)c5)c(-c5ccccc5)ccc4c3c2)cc1. The molecule has 0 aliphatic rings. The van der Waals surface area contributed by atoms with E-state index < -0.39 is 0 Å². The van der Waals surface area contributed by atoms with Gasteiger partial charge in [-0.2, -0.15) is 0 Å². The Kier molecular flexibility index (Phi) is 8.36. The Morgan fingerprint density at radius 2 is 0.727 bits per heavy atom. The highest BCUT2D eigenvalue weighted by molar-refractivity contribution is 7.27. The molecule has 2 aromatic heterocycles. The van der Waals surface area contributed by atoms with Gasteiger partial charge in [-0.15, -0.1) is 11.3 Å². The largest absolute Gasteiger partial charge is 0.208 e. The number of nitrogens with zero attached hydrogens (tertiary/aromatic N) is 3. The van der Waals surface area contributed by atoms with Crippen LogP contribution >= 0.6 is 11.3 Å². The Hall–Kier alpha value is -7.01. The second-order valence-corrected chi connectivity index (χ2v) is 14.6. The van der Waals surface area contributed by atoms with E-state index >= 15 is 0 Å². The van der Waals surface area contributed by atoms with E-state index in [4.69, 9.17) is 15.0 Å². The zero-order chi connectivity index (χ0) is 36.6. The van der Waals surface area contributed by atoms with Crippen LogP contribution in [-0.4, -0.2) is 15.0 Å². The van der Waals surface area contributed by atoms with Crippen molar-refractivity contribution in [2.75, 3.05) is 0 Å². The van der Waals surface area contributed by atoms with E-state index in [0.29, 0.717) is 17.5 Å². The van der Waals surface area contributed by atoms with Gasteiger partial charge in [0.2, 0.25) is 0 Å². The minimum atomic E-state index is 0.637. The van der Waals surface area contributed by atoms with E-state index in [1.54, 1.807) is 0 Å². The fraction of sp³-hybridized carbons (Fsp3) is 0. The highest BCUT2D eigenvalue weighted by atomic mass is 32.1. The van der Waals surface area contributed by atoms with Crippen molar-refractivity contribution in [1.29, 1.82) is 0 Å². The molecule has 0 amide bonds. The number of thiophene rings is 1. The van der Waals surface area contributed by atoms with Gasteiger partial charge in [0.1, 0.15) is 0 Å². The molecule has 2 heterocycles. The van der Waals surface area contributed by atoms with Crippen molar-refractivity contribution in [3.8, 4) is 78.7 Å². The number of benzene rings is 8. The van der Waals surface area contributed by atoms with Crippen molar-refractivity contribution in [1.82, 2.24) is 15.0 Å². The van der Waals surface area contributed by atoms with Crippen molar-refractivity contribution in [3.63, 3.8) is 0 Å². The van der Waals surface area contributed by atoms with Crippen LogP contribution in [0.5, 0.6) is 0 Å². The van der Waals surface area contributed by atoms with E-state index in [1.165, 1.54) is 59.1 Å². The quantitative estimate of drug-likeness (QED) is 0.165. The first-order valence-electron chi connectivity index (χ1n) is 18.4. The molecular formula is C51H33N3S. The van der Waals surface area contributed by atoms with Crippen LogP contribution in [0.3, 0.4) is 0 Å². The average Bonchev–Trinajstić information content (AvgIpc) is 3.66. The van der Waals surface area contributed by atoms with Crippen molar-refractivity contribution < 1.29 is 0 Å². The third kappa shape index (κ3) is 6.19. The van der Waals surface area contributed by atoms with Gasteiger partial charge in [-0.1, -0.05) is 182 Å². The van der Waals surface area contributed by atoms with E-state index in [9.17, 15) is 0 Å². The molecule has 55 heavy (non-hydrogen) atoms. The maximum atomic E-state index is 5.08. The summed E-state index contributed by atoms with van der Waals surface area (Å²) in [6.45, 7) is 0. The van der Waals surface area contributed by atoms with E-state index in [2.05, 4.69) is 140 Å². The molecule has 0 unspecified atom stereocenters. The molecule has 3 nitrogen and oxygen atoms in total. The minimum Gasteiger partial charge on any atom is -0.208 e. The van der Waals surface area contributed by atoms with Gasteiger partial charge in [-0.3, -0.25) is 0 Å². The molecule has 10 aromatic rings. The summed E-state index contributed by atoms with van der Waals surface area (Å²) in [6, 6.07) is 70.5. The first kappa shape index (κ1) is 32.6. The molecule has 10 rings (SSSR count). The van der Waals surface area contributed by atoms with Crippen LogP contribution in [0.25, 0.3) is 98.8 Å². The molecule has 0 saturated heterocycles. The maximum absolute atomic E-state index is 5.08. The minimum absolute atomic E-state index is 0.637. The second-order valence-electron chi connectivity index (χ2n) is 13.6. The number of hydrogen-bond donors (Lipinski definition) is 0.